The number of nitrogens with zero attached hydrogens (tertiary/aromatic N) is 2. The largest absolute Gasteiger partial charge is 0.383 e. The van der Waals surface area contributed by atoms with Gasteiger partial charge in [-0.2, -0.15) is 0 Å². The van der Waals surface area contributed by atoms with E-state index in [1.165, 1.54) is 6.20 Å². The average molecular weight is 184 g/mol. The summed E-state index contributed by atoms with van der Waals surface area (Å²) in [6.07, 6.45) is 1.49. The van der Waals surface area contributed by atoms with Crippen molar-refractivity contribution in [1.82, 2.24) is 9.97 Å². The van der Waals surface area contributed by atoms with Gasteiger partial charge < -0.3 is 5.73 Å². The minimum Gasteiger partial charge on any atom is -0.383 e. The van der Waals surface area contributed by atoms with Crippen molar-refractivity contribution in [1.29, 1.82) is 0 Å². The third-order valence-corrected chi connectivity index (χ3v) is 1.18. The van der Waals surface area contributed by atoms with Gasteiger partial charge in [0.2, 0.25) is 0 Å². The molecule has 44 valence electrons. The van der Waals surface area contributed by atoms with Crippen LogP contribution in [0.5, 0.6) is 0 Å². The Labute approximate surface area is 62.2 Å². The number of anilines is 1. The lowest BCUT2D eigenvalue weighted by atomic mass is 10.1. The van der Waals surface area contributed by atoms with Crippen LogP contribution in [0, 0.1) is 0 Å². The average Bonchev–Trinajstić information content (AvgIpc) is 1.80. The maximum Gasteiger partial charge on any atom is 0.147 e. The van der Waals surface area contributed by atoms with E-state index in [-0.39, 0.29) is 11.4 Å². The Kier molecular flexibility index (Phi) is 1.71. The molecule has 0 aliphatic rings. The second-order valence-electron chi connectivity index (χ2n) is 1.46. The molecule has 1 heterocycles. The summed E-state index contributed by atoms with van der Waals surface area (Å²) in [5.41, 5.74) is 5.52. The highest BCUT2D eigenvalue weighted by Gasteiger charge is 1.93. The first-order valence-corrected chi connectivity index (χ1v) is 3.03. The number of hydrogen-bond donors (Lipinski definition) is 1. The second kappa shape index (κ2) is 2.35. The molecule has 1 aromatic rings. The Bertz CT molecular complexity index is 227. The summed E-state index contributed by atoms with van der Waals surface area (Å²) in [5, 5.41) is 0. The van der Waals surface area contributed by atoms with E-state index in [4.69, 9.17) is 13.6 Å². The SMILES string of the molecule is [B]c1nc(Br)cnc1N. The highest BCUT2D eigenvalue weighted by molar-refractivity contribution is 9.10. The van der Waals surface area contributed by atoms with E-state index in [1.807, 2.05) is 0 Å². The zero-order valence-electron chi connectivity index (χ0n) is 4.50. The minimum atomic E-state index is 0.254. The zero-order valence-corrected chi connectivity index (χ0v) is 6.09. The molecule has 0 amide bonds. The third kappa shape index (κ3) is 1.42. The number of aromatic nitrogens is 2. The Morgan fingerprint density at radius 2 is 2.33 bits per heavy atom. The van der Waals surface area contributed by atoms with Crippen LogP contribution in [0.4, 0.5) is 5.82 Å². The van der Waals surface area contributed by atoms with E-state index >= 15 is 0 Å². The maximum absolute atomic E-state index is 5.29. The van der Waals surface area contributed by atoms with Crippen molar-refractivity contribution in [2.45, 2.75) is 0 Å². The summed E-state index contributed by atoms with van der Waals surface area (Å²) in [5.74, 6) is 0.262. The summed E-state index contributed by atoms with van der Waals surface area (Å²) in [6, 6.07) is 0. The van der Waals surface area contributed by atoms with E-state index < -0.39 is 0 Å². The van der Waals surface area contributed by atoms with Crippen LogP contribution in [0.1, 0.15) is 0 Å². The third-order valence-electron chi connectivity index (χ3n) is 0.800. The summed E-state index contributed by atoms with van der Waals surface area (Å²) in [7, 11) is 5.29. The fourth-order valence-corrected chi connectivity index (χ4v) is 0.684. The normalized spacial score (nSPS) is 9.44. The molecule has 9 heavy (non-hydrogen) atoms. The number of nitrogen functional groups attached to an aromatic ring is 1. The molecule has 0 bridgehead atoms. The van der Waals surface area contributed by atoms with Crippen molar-refractivity contribution in [3.8, 4) is 0 Å². The van der Waals surface area contributed by atoms with Crippen molar-refractivity contribution < 1.29 is 0 Å². The lowest BCUT2D eigenvalue weighted by Gasteiger charge is -1.95. The fourth-order valence-electron chi connectivity index (χ4n) is 0.390. The van der Waals surface area contributed by atoms with Crippen molar-refractivity contribution in [3.63, 3.8) is 0 Å². The monoisotopic (exact) mass is 183 g/mol. The van der Waals surface area contributed by atoms with Gasteiger partial charge in [0.15, 0.2) is 0 Å². The van der Waals surface area contributed by atoms with Gasteiger partial charge in [0.1, 0.15) is 18.3 Å². The van der Waals surface area contributed by atoms with Crippen molar-refractivity contribution in [3.05, 3.63) is 10.8 Å². The molecule has 0 saturated carbocycles. The predicted molar refractivity (Wildman–Crippen MR) is 39.5 cm³/mol. The highest BCUT2D eigenvalue weighted by Crippen LogP contribution is 2.00. The van der Waals surface area contributed by atoms with Crippen LogP contribution in [-0.2, 0) is 0 Å². The Hall–Kier alpha value is -0.575. The molecular weight excluding hydrogens is 181 g/mol. The van der Waals surface area contributed by atoms with Gasteiger partial charge in [-0.05, 0) is 15.9 Å². The highest BCUT2D eigenvalue weighted by atomic mass is 79.9. The van der Waals surface area contributed by atoms with Crippen LogP contribution >= 0.6 is 15.9 Å². The van der Waals surface area contributed by atoms with Crippen molar-refractivity contribution in [2.75, 3.05) is 5.73 Å². The fraction of sp³-hybridized carbons (Fsp3) is 0. The first-order valence-electron chi connectivity index (χ1n) is 2.23. The molecule has 0 spiro atoms. The topological polar surface area (TPSA) is 51.8 Å². The van der Waals surface area contributed by atoms with Gasteiger partial charge in [-0.1, -0.05) is 0 Å². The van der Waals surface area contributed by atoms with Crippen LogP contribution < -0.4 is 11.3 Å². The van der Waals surface area contributed by atoms with Crippen LogP contribution in [-0.4, -0.2) is 17.8 Å². The molecule has 5 heteroatoms. The molecule has 0 saturated heterocycles. The van der Waals surface area contributed by atoms with Crippen molar-refractivity contribution in [2.24, 2.45) is 0 Å². The van der Waals surface area contributed by atoms with E-state index in [2.05, 4.69) is 25.9 Å². The quantitative estimate of drug-likeness (QED) is 0.558. The minimum absolute atomic E-state index is 0.254. The van der Waals surface area contributed by atoms with Gasteiger partial charge in [-0.25, -0.2) is 4.98 Å². The Morgan fingerprint density at radius 1 is 1.67 bits per heavy atom. The molecule has 2 N–H and O–H groups in total. The van der Waals surface area contributed by atoms with Gasteiger partial charge in [0.25, 0.3) is 0 Å². The molecule has 3 nitrogen and oxygen atoms in total. The Balaban J connectivity index is 3.17. The van der Waals surface area contributed by atoms with E-state index in [9.17, 15) is 0 Å². The predicted octanol–water partition coefficient (Wildman–Crippen LogP) is -0.385. The van der Waals surface area contributed by atoms with E-state index in [1.54, 1.807) is 0 Å². The molecule has 0 unspecified atom stereocenters. The van der Waals surface area contributed by atoms with Crippen molar-refractivity contribution >= 4 is 35.2 Å². The second-order valence-corrected chi connectivity index (χ2v) is 2.28. The summed E-state index contributed by atoms with van der Waals surface area (Å²) in [6.45, 7) is 0. The molecule has 0 atom stereocenters. The summed E-state index contributed by atoms with van der Waals surface area (Å²) in [4.78, 5) is 7.50. The molecule has 0 aliphatic heterocycles. The molecule has 1 rings (SSSR count). The molecule has 1 aromatic heterocycles. The van der Waals surface area contributed by atoms with Gasteiger partial charge in [-0.15, -0.1) is 0 Å². The van der Waals surface area contributed by atoms with Gasteiger partial charge in [0, 0.05) is 5.59 Å². The molecule has 0 aromatic carbocycles. The van der Waals surface area contributed by atoms with Gasteiger partial charge >= 0.3 is 0 Å². The summed E-state index contributed by atoms with van der Waals surface area (Å²) >= 11 is 3.09. The first-order chi connectivity index (χ1) is 4.20. The van der Waals surface area contributed by atoms with E-state index in [0.717, 1.165) is 0 Å². The maximum atomic E-state index is 5.29. The van der Waals surface area contributed by atoms with Crippen LogP contribution in [0.25, 0.3) is 0 Å². The summed E-state index contributed by atoms with van der Waals surface area (Å²) < 4.78 is 0.592. The zero-order chi connectivity index (χ0) is 6.85. The van der Waals surface area contributed by atoms with Crippen LogP contribution in [0.15, 0.2) is 10.8 Å². The van der Waals surface area contributed by atoms with Gasteiger partial charge in [-0.3, -0.25) is 4.98 Å². The lowest BCUT2D eigenvalue weighted by Crippen LogP contribution is -2.15. The van der Waals surface area contributed by atoms with Crippen LogP contribution in [0.3, 0.4) is 0 Å². The molecular formula is C4H3BBrN3. The number of rotatable bonds is 0. The smallest absolute Gasteiger partial charge is 0.147 e. The van der Waals surface area contributed by atoms with Crippen LogP contribution in [0.2, 0.25) is 0 Å². The molecule has 0 fully saturated rings. The molecule has 0 aliphatic carbocycles. The Morgan fingerprint density at radius 3 is 2.78 bits per heavy atom. The first kappa shape index (κ1) is 6.54. The standard InChI is InChI=1S/C4H3BBrN3/c5-3-4(7)8-1-2(6)9-3/h1H,(H2,7,8). The van der Waals surface area contributed by atoms with Gasteiger partial charge in [0.05, 0.1) is 6.20 Å². The number of nitrogens with two attached hydrogens (primary N) is 1. The van der Waals surface area contributed by atoms with E-state index in [0.29, 0.717) is 4.60 Å². The lowest BCUT2D eigenvalue weighted by molar-refractivity contribution is 1.21. The molecule has 2 radical (unpaired) electrons. The number of halogens is 1. The number of hydrogen-bond acceptors (Lipinski definition) is 3.